The van der Waals surface area contributed by atoms with E-state index in [-0.39, 0.29) is 0 Å². The summed E-state index contributed by atoms with van der Waals surface area (Å²) < 4.78 is 0. The Morgan fingerprint density at radius 3 is 2.84 bits per heavy atom. The second kappa shape index (κ2) is 4.78. The third kappa shape index (κ3) is 2.54. The molecule has 0 radical (unpaired) electrons. The fourth-order valence-corrected chi connectivity index (χ4v) is 2.57. The van der Waals surface area contributed by atoms with Gasteiger partial charge in [0.1, 0.15) is 10.8 Å². The summed E-state index contributed by atoms with van der Waals surface area (Å²) in [5, 5.41) is 4.48. The highest BCUT2D eigenvalue weighted by Gasteiger charge is 2.28. The average Bonchev–Trinajstić information content (AvgIpc) is 3.21. The van der Waals surface area contributed by atoms with Gasteiger partial charge < -0.3 is 11.1 Å². The zero-order chi connectivity index (χ0) is 13.4. The Balaban J connectivity index is 2.02. The maximum Gasteiger partial charge on any atom is 0.127 e. The molecule has 4 heteroatoms. The largest absolute Gasteiger partial charge is 0.389 e. The molecule has 3 nitrogen and oxygen atoms in total. The quantitative estimate of drug-likeness (QED) is 0.839. The van der Waals surface area contributed by atoms with Gasteiger partial charge in [0.05, 0.1) is 5.52 Å². The van der Waals surface area contributed by atoms with Crippen molar-refractivity contribution in [3.63, 3.8) is 0 Å². The molecule has 1 fully saturated rings. The number of aromatic nitrogens is 1. The molecule has 1 aromatic heterocycles. The van der Waals surface area contributed by atoms with Crippen LogP contribution in [0.1, 0.15) is 25.3 Å². The third-order valence-electron chi connectivity index (χ3n) is 3.69. The number of para-hydroxylation sites is 1. The highest BCUT2D eigenvalue weighted by molar-refractivity contribution is 7.80. The highest BCUT2D eigenvalue weighted by atomic mass is 32.1. The van der Waals surface area contributed by atoms with Crippen LogP contribution >= 0.6 is 12.2 Å². The number of nitrogens with two attached hydrogens (primary N) is 1. The number of rotatable bonds is 4. The Hall–Kier alpha value is -1.68. The van der Waals surface area contributed by atoms with Gasteiger partial charge >= 0.3 is 0 Å². The minimum atomic E-state index is 0.417. The molecule has 0 amide bonds. The lowest BCUT2D eigenvalue weighted by atomic mass is 10.1. The van der Waals surface area contributed by atoms with Crippen LogP contribution in [0.5, 0.6) is 0 Å². The first kappa shape index (κ1) is 12.4. The van der Waals surface area contributed by atoms with Gasteiger partial charge in [0, 0.05) is 17.0 Å². The molecule has 98 valence electrons. The normalized spacial score (nSPS) is 16.3. The van der Waals surface area contributed by atoms with Crippen molar-refractivity contribution in [1.29, 1.82) is 0 Å². The van der Waals surface area contributed by atoms with Crippen molar-refractivity contribution in [2.45, 2.75) is 25.8 Å². The van der Waals surface area contributed by atoms with Crippen LogP contribution in [-0.2, 0) is 0 Å². The van der Waals surface area contributed by atoms with Gasteiger partial charge in [0.15, 0.2) is 0 Å². The number of thiocarbonyl (C=S) groups is 1. The van der Waals surface area contributed by atoms with E-state index in [2.05, 4.69) is 17.2 Å². The van der Waals surface area contributed by atoms with Crippen LogP contribution in [-0.4, -0.2) is 16.0 Å². The summed E-state index contributed by atoms with van der Waals surface area (Å²) in [6, 6.07) is 10.4. The standard InChI is InChI=1S/C15H17N3S/c1-9(10-6-7-10)17-14-8-12(15(16)19)11-4-2-3-5-13(11)18-14/h2-5,8-10H,6-7H2,1H3,(H2,16,19)(H,17,18). The van der Waals surface area contributed by atoms with E-state index in [1.165, 1.54) is 12.8 Å². The van der Waals surface area contributed by atoms with E-state index in [9.17, 15) is 0 Å². The summed E-state index contributed by atoms with van der Waals surface area (Å²) >= 11 is 5.15. The van der Waals surface area contributed by atoms with E-state index in [4.69, 9.17) is 18.0 Å². The molecular formula is C15H17N3S. The zero-order valence-corrected chi connectivity index (χ0v) is 11.7. The minimum Gasteiger partial charge on any atom is -0.389 e. The van der Waals surface area contributed by atoms with E-state index < -0.39 is 0 Å². The van der Waals surface area contributed by atoms with Crippen molar-refractivity contribution >= 4 is 33.9 Å². The summed E-state index contributed by atoms with van der Waals surface area (Å²) in [4.78, 5) is 5.06. The fourth-order valence-electron chi connectivity index (χ4n) is 2.40. The number of benzene rings is 1. The van der Waals surface area contributed by atoms with Crippen molar-refractivity contribution in [1.82, 2.24) is 4.98 Å². The first-order valence-corrected chi connectivity index (χ1v) is 7.02. The monoisotopic (exact) mass is 271 g/mol. The molecular weight excluding hydrogens is 254 g/mol. The maximum atomic E-state index is 5.83. The molecule has 0 saturated heterocycles. The third-order valence-corrected chi connectivity index (χ3v) is 3.91. The van der Waals surface area contributed by atoms with E-state index in [0.717, 1.165) is 28.2 Å². The molecule has 0 spiro atoms. The van der Waals surface area contributed by atoms with Gasteiger partial charge in [-0.25, -0.2) is 4.98 Å². The number of hydrogen-bond donors (Lipinski definition) is 2. The average molecular weight is 271 g/mol. The highest BCUT2D eigenvalue weighted by Crippen LogP contribution is 2.34. The molecule has 1 aliphatic rings. The van der Waals surface area contributed by atoms with Crippen LogP contribution < -0.4 is 11.1 Å². The number of anilines is 1. The SMILES string of the molecule is CC(Nc1cc(C(N)=S)c2ccccc2n1)C1CC1. The lowest BCUT2D eigenvalue weighted by Gasteiger charge is -2.15. The van der Waals surface area contributed by atoms with Crippen molar-refractivity contribution in [3.05, 3.63) is 35.9 Å². The summed E-state index contributed by atoms with van der Waals surface area (Å²) in [5.74, 6) is 1.64. The molecule has 3 N–H and O–H groups in total. The van der Waals surface area contributed by atoms with Crippen molar-refractivity contribution in [2.75, 3.05) is 5.32 Å². The minimum absolute atomic E-state index is 0.417. The Labute approximate surface area is 118 Å². The summed E-state index contributed by atoms with van der Waals surface area (Å²) in [5.41, 5.74) is 7.65. The van der Waals surface area contributed by atoms with Crippen molar-refractivity contribution in [2.24, 2.45) is 11.7 Å². The second-order valence-corrected chi connectivity index (χ2v) is 5.65. The van der Waals surface area contributed by atoms with E-state index in [1.54, 1.807) is 0 Å². The molecule has 1 aliphatic carbocycles. The van der Waals surface area contributed by atoms with Crippen LogP contribution in [0.15, 0.2) is 30.3 Å². The molecule has 2 aromatic rings. The zero-order valence-electron chi connectivity index (χ0n) is 10.9. The Morgan fingerprint density at radius 1 is 1.42 bits per heavy atom. The van der Waals surface area contributed by atoms with Crippen LogP contribution in [0.3, 0.4) is 0 Å². The predicted octanol–water partition coefficient (Wildman–Crippen LogP) is 3.08. The second-order valence-electron chi connectivity index (χ2n) is 5.21. The van der Waals surface area contributed by atoms with Gasteiger partial charge in [-0.05, 0) is 37.8 Å². The summed E-state index contributed by atoms with van der Waals surface area (Å²) in [6.07, 6.45) is 2.62. The number of pyridine rings is 1. The van der Waals surface area contributed by atoms with Gasteiger partial charge in [0.2, 0.25) is 0 Å². The lowest BCUT2D eigenvalue weighted by Crippen LogP contribution is -2.19. The van der Waals surface area contributed by atoms with Gasteiger partial charge in [-0.3, -0.25) is 0 Å². The molecule has 19 heavy (non-hydrogen) atoms. The van der Waals surface area contributed by atoms with Gasteiger partial charge in [0.25, 0.3) is 0 Å². The van der Waals surface area contributed by atoms with E-state index >= 15 is 0 Å². The Bertz CT molecular complexity index is 634. The number of nitrogens with zero attached hydrogens (tertiary/aromatic N) is 1. The number of nitrogens with one attached hydrogen (secondary N) is 1. The fraction of sp³-hybridized carbons (Fsp3) is 0.333. The maximum absolute atomic E-state index is 5.83. The smallest absolute Gasteiger partial charge is 0.127 e. The Kier molecular flexibility index (Phi) is 3.11. The molecule has 1 heterocycles. The van der Waals surface area contributed by atoms with Crippen molar-refractivity contribution in [3.8, 4) is 0 Å². The van der Waals surface area contributed by atoms with Gasteiger partial charge in [-0.2, -0.15) is 0 Å². The molecule has 1 saturated carbocycles. The predicted molar refractivity (Wildman–Crippen MR) is 83.4 cm³/mol. The molecule has 0 aliphatic heterocycles. The molecule has 3 rings (SSSR count). The van der Waals surface area contributed by atoms with Gasteiger partial charge in [-0.15, -0.1) is 0 Å². The van der Waals surface area contributed by atoms with Gasteiger partial charge in [-0.1, -0.05) is 30.4 Å². The van der Waals surface area contributed by atoms with Crippen LogP contribution in [0, 0.1) is 5.92 Å². The van der Waals surface area contributed by atoms with Crippen LogP contribution in [0.25, 0.3) is 10.9 Å². The topological polar surface area (TPSA) is 50.9 Å². The first-order valence-electron chi connectivity index (χ1n) is 6.61. The van der Waals surface area contributed by atoms with E-state index in [1.807, 2.05) is 30.3 Å². The number of hydrogen-bond acceptors (Lipinski definition) is 3. The summed E-state index contributed by atoms with van der Waals surface area (Å²) in [6.45, 7) is 2.20. The molecule has 0 bridgehead atoms. The Morgan fingerprint density at radius 2 is 2.16 bits per heavy atom. The van der Waals surface area contributed by atoms with E-state index in [0.29, 0.717) is 11.0 Å². The van der Waals surface area contributed by atoms with Crippen molar-refractivity contribution < 1.29 is 0 Å². The lowest BCUT2D eigenvalue weighted by molar-refractivity contribution is 0.691. The molecule has 1 aromatic carbocycles. The number of fused-ring (bicyclic) bond motifs is 1. The van der Waals surface area contributed by atoms with Crippen LogP contribution in [0.2, 0.25) is 0 Å². The first-order chi connectivity index (χ1) is 9.15. The molecule has 1 atom stereocenters. The summed E-state index contributed by atoms with van der Waals surface area (Å²) in [7, 11) is 0. The van der Waals surface area contributed by atoms with Crippen LogP contribution in [0.4, 0.5) is 5.82 Å². The molecule has 1 unspecified atom stereocenters.